The van der Waals surface area contributed by atoms with Gasteiger partial charge in [-0.25, -0.2) is 4.39 Å². The lowest BCUT2D eigenvalue weighted by atomic mass is 10.1. The van der Waals surface area contributed by atoms with Crippen LogP contribution in [0.3, 0.4) is 0 Å². The Bertz CT molecular complexity index is 648. The molecule has 5 nitrogen and oxygen atoms in total. The summed E-state index contributed by atoms with van der Waals surface area (Å²) in [4.78, 5) is 18.6. The average Bonchev–Trinajstić information content (AvgIpc) is 2.56. The maximum atomic E-state index is 13.5. The van der Waals surface area contributed by atoms with Gasteiger partial charge in [-0.15, -0.1) is 0 Å². The molecule has 1 aliphatic heterocycles. The summed E-state index contributed by atoms with van der Waals surface area (Å²) in [6.45, 7) is 9.05. The molecule has 0 atom stereocenters. The maximum Gasteiger partial charge on any atom is 0.251 e. The van der Waals surface area contributed by atoms with Crippen LogP contribution in [-0.2, 0) is 0 Å². The fourth-order valence-electron chi connectivity index (χ4n) is 2.72. The molecule has 25 heavy (non-hydrogen) atoms. The maximum absolute atomic E-state index is 13.5. The number of hydrogen-bond donors (Lipinski definition) is 2. The molecule has 1 saturated heterocycles. The fraction of sp³-hybridized carbons (Fsp3) is 0.556. The van der Waals surface area contributed by atoms with E-state index in [1.807, 2.05) is 11.8 Å². The van der Waals surface area contributed by atoms with E-state index in [9.17, 15) is 9.18 Å². The number of thioether (sulfide) groups is 1. The van der Waals surface area contributed by atoms with Gasteiger partial charge in [0.15, 0.2) is 5.96 Å². The lowest BCUT2D eigenvalue weighted by Gasteiger charge is -2.39. The average molecular weight is 367 g/mol. The monoisotopic (exact) mass is 366 g/mol. The highest BCUT2D eigenvalue weighted by molar-refractivity contribution is 8.00. The normalized spacial score (nSPS) is 17.3. The molecule has 7 heteroatoms. The number of guanidine groups is 1. The third kappa shape index (κ3) is 5.63. The van der Waals surface area contributed by atoms with Crippen LogP contribution in [0.2, 0.25) is 0 Å². The minimum absolute atomic E-state index is 0.208. The standard InChI is InChI=1S/C18H27FN4OS/c1-13-5-6-14(11-15(13)19)16(24)21-7-8-22-17(20-4)23-9-10-25-18(2,3)12-23/h5-6,11H,7-10,12H2,1-4H3,(H,20,22)(H,21,24). The smallest absolute Gasteiger partial charge is 0.251 e. The van der Waals surface area contributed by atoms with Crippen LogP contribution in [0.25, 0.3) is 0 Å². The van der Waals surface area contributed by atoms with Crippen LogP contribution in [0.5, 0.6) is 0 Å². The molecule has 2 N–H and O–H groups in total. The van der Waals surface area contributed by atoms with E-state index in [0.29, 0.717) is 24.2 Å². The van der Waals surface area contributed by atoms with E-state index in [1.54, 1.807) is 26.1 Å². The number of halogens is 1. The SMILES string of the molecule is CN=C(NCCNC(=O)c1ccc(C)c(F)c1)N1CCSC(C)(C)C1. The summed E-state index contributed by atoms with van der Waals surface area (Å²) in [5.41, 5.74) is 0.868. The predicted molar refractivity (Wildman–Crippen MR) is 103 cm³/mol. The van der Waals surface area contributed by atoms with Gasteiger partial charge in [-0.05, 0) is 38.5 Å². The molecule has 2 rings (SSSR count). The molecule has 0 bridgehead atoms. The van der Waals surface area contributed by atoms with Crippen LogP contribution in [0.4, 0.5) is 4.39 Å². The fourth-order valence-corrected chi connectivity index (χ4v) is 3.83. The largest absolute Gasteiger partial charge is 0.354 e. The van der Waals surface area contributed by atoms with Crippen molar-refractivity contribution in [1.82, 2.24) is 15.5 Å². The van der Waals surface area contributed by atoms with Crippen molar-refractivity contribution in [3.05, 3.63) is 35.1 Å². The van der Waals surface area contributed by atoms with Crippen molar-refractivity contribution in [2.75, 3.05) is 39.0 Å². The number of nitrogens with one attached hydrogen (secondary N) is 2. The highest BCUT2D eigenvalue weighted by Crippen LogP contribution is 2.29. The van der Waals surface area contributed by atoms with Crippen LogP contribution < -0.4 is 10.6 Å². The van der Waals surface area contributed by atoms with Gasteiger partial charge in [-0.1, -0.05) is 6.07 Å². The highest BCUT2D eigenvalue weighted by Gasteiger charge is 2.28. The topological polar surface area (TPSA) is 56.7 Å². The Kier molecular flexibility index (Phi) is 6.70. The van der Waals surface area contributed by atoms with Crippen LogP contribution in [0.15, 0.2) is 23.2 Å². The van der Waals surface area contributed by atoms with Gasteiger partial charge < -0.3 is 15.5 Å². The Morgan fingerprint density at radius 2 is 2.08 bits per heavy atom. The number of carbonyl (C=O) groups excluding carboxylic acids is 1. The Labute approximate surface area is 153 Å². The molecular weight excluding hydrogens is 339 g/mol. The van der Waals surface area contributed by atoms with Crippen LogP contribution in [0, 0.1) is 12.7 Å². The zero-order chi connectivity index (χ0) is 18.4. The lowest BCUT2D eigenvalue weighted by Crippen LogP contribution is -2.51. The van der Waals surface area contributed by atoms with Crippen molar-refractivity contribution >= 4 is 23.6 Å². The molecule has 0 radical (unpaired) electrons. The minimum Gasteiger partial charge on any atom is -0.354 e. The van der Waals surface area contributed by atoms with E-state index < -0.39 is 0 Å². The molecule has 0 saturated carbocycles. The summed E-state index contributed by atoms with van der Waals surface area (Å²) < 4.78 is 13.7. The molecule has 1 aromatic rings. The van der Waals surface area contributed by atoms with Crippen LogP contribution >= 0.6 is 11.8 Å². The predicted octanol–water partition coefficient (Wildman–Crippen LogP) is 2.27. The van der Waals surface area contributed by atoms with E-state index in [4.69, 9.17) is 0 Å². The van der Waals surface area contributed by atoms with Gasteiger partial charge in [0.2, 0.25) is 0 Å². The van der Waals surface area contributed by atoms with Gasteiger partial charge in [0.25, 0.3) is 5.91 Å². The summed E-state index contributed by atoms with van der Waals surface area (Å²) in [7, 11) is 1.77. The van der Waals surface area contributed by atoms with Gasteiger partial charge in [0.1, 0.15) is 5.82 Å². The van der Waals surface area contributed by atoms with Crippen molar-refractivity contribution in [1.29, 1.82) is 0 Å². The summed E-state index contributed by atoms with van der Waals surface area (Å²) in [6, 6.07) is 4.51. The molecular formula is C18H27FN4OS. The molecule has 1 aliphatic rings. The summed E-state index contributed by atoms with van der Waals surface area (Å²) >= 11 is 1.97. The van der Waals surface area contributed by atoms with Crippen molar-refractivity contribution < 1.29 is 9.18 Å². The van der Waals surface area contributed by atoms with E-state index in [0.717, 1.165) is 24.8 Å². The molecule has 1 heterocycles. The second-order valence-electron chi connectivity index (χ2n) is 6.72. The van der Waals surface area contributed by atoms with E-state index in [-0.39, 0.29) is 16.5 Å². The third-order valence-electron chi connectivity index (χ3n) is 4.06. The summed E-state index contributed by atoms with van der Waals surface area (Å²) in [5, 5.41) is 6.08. The number of nitrogens with zero attached hydrogens (tertiary/aromatic N) is 2. The number of carbonyl (C=O) groups is 1. The Morgan fingerprint density at radius 1 is 1.36 bits per heavy atom. The minimum atomic E-state index is -0.364. The molecule has 0 aromatic heterocycles. The number of aliphatic imine (C=N–C) groups is 1. The Hall–Kier alpha value is -1.76. The molecule has 0 spiro atoms. The first kappa shape index (κ1) is 19.6. The zero-order valence-electron chi connectivity index (χ0n) is 15.4. The number of amides is 1. The van der Waals surface area contributed by atoms with E-state index in [1.165, 1.54) is 6.07 Å². The molecule has 138 valence electrons. The van der Waals surface area contributed by atoms with Gasteiger partial charge in [-0.3, -0.25) is 9.79 Å². The molecule has 1 amide bonds. The van der Waals surface area contributed by atoms with Crippen LogP contribution in [-0.4, -0.2) is 60.5 Å². The van der Waals surface area contributed by atoms with E-state index in [2.05, 4.69) is 34.4 Å². The van der Waals surface area contributed by atoms with E-state index >= 15 is 0 Å². The molecule has 0 unspecified atom stereocenters. The number of benzene rings is 1. The zero-order valence-corrected chi connectivity index (χ0v) is 16.2. The highest BCUT2D eigenvalue weighted by atomic mass is 32.2. The summed E-state index contributed by atoms with van der Waals surface area (Å²) in [6.07, 6.45) is 0. The van der Waals surface area contributed by atoms with Gasteiger partial charge in [0, 0.05) is 49.3 Å². The van der Waals surface area contributed by atoms with Crippen molar-refractivity contribution in [2.24, 2.45) is 4.99 Å². The molecule has 1 aromatic carbocycles. The second-order valence-corrected chi connectivity index (χ2v) is 8.53. The van der Waals surface area contributed by atoms with Crippen molar-refractivity contribution in [3.8, 4) is 0 Å². The summed E-state index contributed by atoms with van der Waals surface area (Å²) in [5.74, 6) is 1.29. The van der Waals surface area contributed by atoms with Gasteiger partial charge >= 0.3 is 0 Å². The molecule has 0 aliphatic carbocycles. The molecule has 1 fully saturated rings. The number of aryl methyl sites for hydroxylation is 1. The lowest BCUT2D eigenvalue weighted by molar-refractivity contribution is 0.0954. The quantitative estimate of drug-likeness (QED) is 0.488. The first-order valence-corrected chi connectivity index (χ1v) is 9.45. The third-order valence-corrected chi connectivity index (χ3v) is 5.36. The first-order chi connectivity index (χ1) is 11.8. The van der Waals surface area contributed by atoms with Crippen LogP contribution in [0.1, 0.15) is 29.8 Å². The Balaban J connectivity index is 1.79. The second kappa shape index (κ2) is 8.56. The number of hydrogen-bond acceptors (Lipinski definition) is 3. The van der Waals surface area contributed by atoms with Crippen molar-refractivity contribution in [2.45, 2.75) is 25.5 Å². The Morgan fingerprint density at radius 3 is 2.72 bits per heavy atom. The first-order valence-electron chi connectivity index (χ1n) is 8.46. The number of rotatable bonds is 4. The van der Waals surface area contributed by atoms with Crippen molar-refractivity contribution in [3.63, 3.8) is 0 Å². The van der Waals surface area contributed by atoms with Gasteiger partial charge in [-0.2, -0.15) is 11.8 Å². The van der Waals surface area contributed by atoms with Gasteiger partial charge in [0.05, 0.1) is 0 Å².